The van der Waals surface area contributed by atoms with Gasteiger partial charge in [0.15, 0.2) is 0 Å². The van der Waals surface area contributed by atoms with Crippen LogP contribution < -0.4 is 5.32 Å². The van der Waals surface area contributed by atoms with Gasteiger partial charge in [0.05, 0.1) is 0 Å². The number of rotatable bonds is 5. The van der Waals surface area contributed by atoms with E-state index < -0.39 is 0 Å². The van der Waals surface area contributed by atoms with Gasteiger partial charge < -0.3 is 5.32 Å². The number of benzene rings is 1. The Bertz CT molecular complexity index is 436. The number of hydrogen-bond donors (Lipinski definition) is 1. The summed E-state index contributed by atoms with van der Waals surface area (Å²) in [5.74, 6) is 0.931. The van der Waals surface area contributed by atoms with Crippen LogP contribution in [0.15, 0.2) is 30.3 Å². The van der Waals surface area contributed by atoms with Gasteiger partial charge in [-0.25, -0.2) is 0 Å². The topological polar surface area (TPSA) is 32.3 Å². The molecule has 0 radical (unpaired) electrons. The monoisotopic (exact) mass is 288 g/mol. The summed E-state index contributed by atoms with van der Waals surface area (Å²) in [7, 11) is 0. The van der Waals surface area contributed by atoms with Crippen LogP contribution in [0.2, 0.25) is 0 Å². The SMILES string of the molecule is CC(C)C(C)NC(=O)C1CCN(Cc2ccccc2)CC1. The third kappa shape index (κ3) is 4.85. The molecule has 0 aromatic heterocycles. The molecule has 1 N–H and O–H groups in total. The molecule has 0 bridgehead atoms. The minimum absolute atomic E-state index is 0.193. The number of nitrogens with zero attached hydrogens (tertiary/aromatic N) is 1. The molecule has 1 heterocycles. The first-order chi connectivity index (χ1) is 10.1. The fraction of sp³-hybridized carbons (Fsp3) is 0.611. The van der Waals surface area contributed by atoms with E-state index in [0.29, 0.717) is 5.92 Å². The first-order valence-electron chi connectivity index (χ1n) is 8.13. The van der Waals surface area contributed by atoms with Gasteiger partial charge in [0, 0.05) is 18.5 Å². The smallest absolute Gasteiger partial charge is 0.223 e. The molecule has 3 nitrogen and oxygen atoms in total. The highest BCUT2D eigenvalue weighted by molar-refractivity contribution is 5.79. The van der Waals surface area contributed by atoms with Crippen LogP contribution >= 0.6 is 0 Å². The molecule has 116 valence electrons. The molecule has 1 fully saturated rings. The molecule has 0 saturated carbocycles. The first kappa shape index (κ1) is 16.0. The number of nitrogens with one attached hydrogen (secondary N) is 1. The lowest BCUT2D eigenvalue weighted by molar-refractivity contribution is -0.127. The molecule has 0 spiro atoms. The minimum atomic E-state index is 0.193. The molecule has 1 amide bonds. The van der Waals surface area contributed by atoms with Crippen LogP contribution in [0.25, 0.3) is 0 Å². The summed E-state index contributed by atoms with van der Waals surface area (Å²) in [6.07, 6.45) is 1.95. The number of carbonyl (C=O) groups excluding carboxylic acids is 1. The van der Waals surface area contributed by atoms with Crippen molar-refractivity contribution in [3.8, 4) is 0 Å². The van der Waals surface area contributed by atoms with Crippen LogP contribution in [-0.4, -0.2) is 29.9 Å². The number of likely N-dealkylation sites (tertiary alicyclic amines) is 1. The lowest BCUT2D eigenvalue weighted by Crippen LogP contribution is -2.44. The van der Waals surface area contributed by atoms with E-state index in [9.17, 15) is 4.79 Å². The Morgan fingerprint density at radius 3 is 2.38 bits per heavy atom. The summed E-state index contributed by atoms with van der Waals surface area (Å²) >= 11 is 0. The lowest BCUT2D eigenvalue weighted by Gasteiger charge is -2.32. The van der Waals surface area contributed by atoms with Crippen LogP contribution in [0.4, 0.5) is 0 Å². The molecule has 1 aromatic carbocycles. The Morgan fingerprint density at radius 2 is 1.81 bits per heavy atom. The molecule has 0 aliphatic carbocycles. The van der Waals surface area contributed by atoms with Crippen molar-refractivity contribution in [2.24, 2.45) is 11.8 Å². The maximum atomic E-state index is 12.2. The van der Waals surface area contributed by atoms with E-state index >= 15 is 0 Å². The quantitative estimate of drug-likeness (QED) is 0.903. The van der Waals surface area contributed by atoms with E-state index in [-0.39, 0.29) is 17.9 Å². The zero-order chi connectivity index (χ0) is 15.2. The summed E-state index contributed by atoms with van der Waals surface area (Å²) in [4.78, 5) is 14.7. The van der Waals surface area contributed by atoms with Crippen molar-refractivity contribution in [3.63, 3.8) is 0 Å². The average molecular weight is 288 g/mol. The third-order valence-corrected chi connectivity index (χ3v) is 4.58. The van der Waals surface area contributed by atoms with Gasteiger partial charge in [-0.3, -0.25) is 9.69 Å². The van der Waals surface area contributed by atoms with Gasteiger partial charge in [-0.05, 0) is 44.3 Å². The Morgan fingerprint density at radius 1 is 1.19 bits per heavy atom. The maximum Gasteiger partial charge on any atom is 0.223 e. The average Bonchev–Trinajstić information content (AvgIpc) is 2.48. The summed E-state index contributed by atoms with van der Waals surface area (Å²) in [6, 6.07) is 10.8. The second-order valence-electron chi connectivity index (χ2n) is 6.58. The van der Waals surface area contributed by atoms with E-state index in [2.05, 4.69) is 61.3 Å². The lowest BCUT2D eigenvalue weighted by atomic mass is 9.94. The van der Waals surface area contributed by atoms with Crippen LogP contribution in [-0.2, 0) is 11.3 Å². The number of hydrogen-bond acceptors (Lipinski definition) is 2. The number of piperidine rings is 1. The predicted molar refractivity (Wildman–Crippen MR) is 86.9 cm³/mol. The normalized spacial score (nSPS) is 18.7. The second-order valence-corrected chi connectivity index (χ2v) is 6.58. The fourth-order valence-electron chi connectivity index (χ4n) is 2.70. The van der Waals surface area contributed by atoms with E-state index in [0.717, 1.165) is 32.5 Å². The molecule has 3 heteroatoms. The van der Waals surface area contributed by atoms with Gasteiger partial charge >= 0.3 is 0 Å². The highest BCUT2D eigenvalue weighted by Gasteiger charge is 2.26. The predicted octanol–water partition coefficient (Wildman–Crippen LogP) is 3.06. The standard InChI is InChI=1S/C18H28N2O/c1-14(2)15(3)19-18(21)17-9-11-20(12-10-17)13-16-7-5-4-6-8-16/h4-8,14-15,17H,9-13H2,1-3H3,(H,19,21). The molecular weight excluding hydrogens is 260 g/mol. The van der Waals surface area contributed by atoms with E-state index in [1.807, 2.05) is 0 Å². The van der Waals surface area contributed by atoms with Crippen LogP contribution in [0, 0.1) is 11.8 Å². The Kier molecular flexibility index (Phi) is 5.80. The summed E-state index contributed by atoms with van der Waals surface area (Å²) in [5, 5.41) is 3.16. The Hall–Kier alpha value is -1.35. The Balaban J connectivity index is 1.76. The van der Waals surface area contributed by atoms with E-state index in [1.54, 1.807) is 0 Å². The second kappa shape index (κ2) is 7.60. The highest BCUT2D eigenvalue weighted by atomic mass is 16.1. The van der Waals surface area contributed by atoms with Crippen molar-refractivity contribution < 1.29 is 4.79 Å². The number of amides is 1. The van der Waals surface area contributed by atoms with Crippen molar-refractivity contribution >= 4 is 5.91 Å². The van der Waals surface area contributed by atoms with Gasteiger partial charge in [-0.15, -0.1) is 0 Å². The molecule has 1 saturated heterocycles. The first-order valence-corrected chi connectivity index (χ1v) is 8.13. The van der Waals surface area contributed by atoms with Gasteiger partial charge in [-0.1, -0.05) is 44.2 Å². The van der Waals surface area contributed by atoms with Crippen LogP contribution in [0.3, 0.4) is 0 Å². The van der Waals surface area contributed by atoms with Crippen molar-refractivity contribution in [2.45, 2.75) is 46.2 Å². The van der Waals surface area contributed by atoms with Crippen LogP contribution in [0.1, 0.15) is 39.2 Å². The fourth-order valence-corrected chi connectivity index (χ4v) is 2.70. The van der Waals surface area contributed by atoms with Crippen molar-refractivity contribution in [1.82, 2.24) is 10.2 Å². The molecule has 1 atom stereocenters. The zero-order valence-electron chi connectivity index (χ0n) is 13.5. The summed E-state index contributed by atoms with van der Waals surface area (Å²) < 4.78 is 0. The molecular formula is C18H28N2O. The van der Waals surface area contributed by atoms with Gasteiger partial charge in [0.25, 0.3) is 0 Å². The molecule has 1 unspecified atom stereocenters. The molecule has 1 aliphatic heterocycles. The van der Waals surface area contributed by atoms with Crippen molar-refractivity contribution in [3.05, 3.63) is 35.9 Å². The largest absolute Gasteiger partial charge is 0.353 e. The highest BCUT2D eigenvalue weighted by Crippen LogP contribution is 2.19. The van der Waals surface area contributed by atoms with Crippen LogP contribution in [0.5, 0.6) is 0 Å². The van der Waals surface area contributed by atoms with E-state index in [1.165, 1.54) is 5.56 Å². The van der Waals surface area contributed by atoms with Gasteiger partial charge in [0.1, 0.15) is 0 Å². The number of carbonyl (C=O) groups is 1. The van der Waals surface area contributed by atoms with Gasteiger partial charge in [-0.2, -0.15) is 0 Å². The molecule has 1 aromatic rings. The van der Waals surface area contributed by atoms with E-state index in [4.69, 9.17) is 0 Å². The summed E-state index contributed by atoms with van der Waals surface area (Å²) in [5.41, 5.74) is 1.36. The summed E-state index contributed by atoms with van der Waals surface area (Å²) in [6.45, 7) is 9.41. The molecule has 1 aliphatic rings. The third-order valence-electron chi connectivity index (χ3n) is 4.58. The molecule has 21 heavy (non-hydrogen) atoms. The minimum Gasteiger partial charge on any atom is -0.353 e. The Labute approximate surface area is 128 Å². The zero-order valence-corrected chi connectivity index (χ0v) is 13.5. The molecule has 2 rings (SSSR count). The van der Waals surface area contributed by atoms with Crippen molar-refractivity contribution in [2.75, 3.05) is 13.1 Å². The van der Waals surface area contributed by atoms with Gasteiger partial charge in [0.2, 0.25) is 5.91 Å². The van der Waals surface area contributed by atoms with Crippen molar-refractivity contribution in [1.29, 1.82) is 0 Å². The maximum absolute atomic E-state index is 12.2.